The van der Waals surface area contributed by atoms with Crippen LogP contribution in [-0.2, 0) is 26.1 Å². The van der Waals surface area contributed by atoms with Crippen molar-refractivity contribution >= 4 is 11.6 Å². The van der Waals surface area contributed by atoms with Crippen molar-refractivity contribution in [3.8, 4) is 5.75 Å². The molecule has 32 heavy (non-hydrogen) atoms. The summed E-state index contributed by atoms with van der Waals surface area (Å²) in [4.78, 5) is 19.4. The van der Waals surface area contributed by atoms with Crippen molar-refractivity contribution in [2.24, 2.45) is 0 Å². The van der Waals surface area contributed by atoms with Crippen molar-refractivity contribution in [1.29, 1.82) is 0 Å². The van der Waals surface area contributed by atoms with Gasteiger partial charge in [0.25, 0.3) is 5.56 Å². The van der Waals surface area contributed by atoms with Gasteiger partial charge in [0.2, 0.25) is 0 Å². The molecule has 2 saturated heterocycles. The summed E-state index contributed by atoms with van der Waals surface area (Å²) in [6.07, 6.45) is 9.70. The van der Waals surface area contributed by atoms with Crippen molar-refractivity contribution in [2.75, 3.05) is 0 Å². The van der Waals surface area contributed by atoms with Crippen LogP contribution in [0.2, 0.25) is 5.02 Å². The Morgan fingerprint density at radius 3 is 2.34 bits per heavy atom. The Hall–Kier alpha value is -2.63. The number of aromatic nitrogens is 2. The first-order valence-electron chi connectivity index (χ1n) is 11.4. The van der Waals surface area contributed by atoms with E-state index in [-0.39, 0.29) is 5.56 Å². The maximum absolute atomic E-state index is 12.5. The number of aryl methyl sites for hydroxylation is 2. The molecule has 2 aromatic heterocycles. The summed E-state index contributed by atoms with van der Waals surface area (Å²) in [5.74, 6) is 0.545. The first-order chi connectivity index (χ1) is 15.6. The van der Waals surface area contributed by atoms with Gasteiger partial charge in [-0.15, -0.1) is 0 Å². The zero-order chi connectivity index (χ0) is 21.9. The van der Waals surface area contributed by atoms with Crippen LogP contribution in [-0.4, -0.2) is 26.5 Å². The number of pyridine rings is 2. The Bertz CT molecular complexity index is 1090. The number of hydrogen-bond donors (Lipinski definition) is 0. The smallest absolute Gasteiger partial charge is 0.254 e. The number of hydrogen-bond acceptors (Lipinski definition) is 4. The lowest BCUT2D eigenvalue weighted by atomic mass is 10.0. The lowest BCUT2D eigenvalue weighted by Gasteiger charge is -2.21. The molecule has 1 aromatic carbocycles. The number of ether oxygens (including phenoxy) is 1. The average Bonchev–Trinajstić information content (AvgIpc) is 3.38. The zero-order valence-electron chi connectivity index (χ0n) is 18.1. The van der Waals surface area contributed by atoms with E-state index in [2.05, 4.69) is 34.1 Å². The molecule has 2 aliphatic rings. The van der Waals surface area contributed by atoms with Crippen molar-refractivity contribution in [3.05, 3.63) is 93.1 Å². The number of halogens is 1. The van der Waals surface area contributed by atoms with E-state index in [1.807, 2.05) is 12.1 Å². The fourth-order valence-corrected chi connectivity index (χ4v) is 5.07. The molecule has 6 heteroatoms. The number of nitrogens with zero attached hydrogens (tertiary/aromatic N) is 3. The third-order valence-corrected chi connectivity index (χ3v) is 7.00. The second kappa shape index (κ2) is 9.47. The van der Waals surface area contributed by atoms with Crippen molar-refractivity contribution in [1.82, 2.24) is 14.5 Å². The molecule has 0 aliphatic carbocycles. The summed E-state index contributed by atoms with van der Waals surface area (Å²) < 4.78 is 7.42. The lowest BCUT2D eigenvalue weighted by Crippen LogP contribution is -2.27. The second-order valence-electron chi connectivity index (χ2n) is 8.85. The Kier molecular flexibility index (Phi) is 6.28. The highest BCUT2D eigenvalue weighted by atomic mass is 35.5. The van der Waals surface area contributed by atoms with E-state index in [4.69, 9.17) is 16.3 Å². The predicted octanol–water partition coefficient (Wildman–Crippen LogP) is 4.85. The molecule has 0 unspecified atom stereocenters. The number of benzene rings is 1. The fraction of sp³-hybridized carbons (Fsp3) is 0.385. The summed E-state index contributed by atoms with van der Waals surface area (Å²) in [6, 6.07) is 17.5. The molecule has 2 bridgehead atoms. The van der Waals surface area contributed by atoms with Gasteiger partial charge in [-0.25, -0.2) is 0 Å². The van der Waals surface area contributed by atoms with E-state index in [0.29, 0.717) is 23.9 Å². The van der Waals surface area contributed by atoms with Crippen LogP contribution >= 0.6 is 11.6 Å². The largest absolute Gasteiger partial charge is 0.487 e. The highest BCUT2D eigenvalue weighted by Gasteiger charge is 2.38. The third-order valence-electron chi connectivity index (χ3n) is 6.78. The molecule has 0 atom stereocenters. The van der Waals surface area contributed by atoms with Crippen LogP contribution in [0.1, 0.15) is 42.5 Å². The van der Waals surface area contributed by atoms with Crippen LogP contribution in [0, 0.1) is 0 Å². The van der Waals surface area contributed by atoms with E-state index in [1.54, 1.807) is 23.0 Å². The second-order valence-corrected chi connectivity index (χ2v) is 9.29. The van der Waals surface area contributed by atoms with Gasteiger partial charge < -0.3 is 9.30 Å². The summed E-state index contributed by atoms with van der Waals surface area (Å²) in [6.45, 7) is 2.02. The van der Waals surface area contributed by atoms with E-state index >= 15 is 0 Å². The fourth-order valence-electron chi connectivity index (χ4n) is 4.96. The minimum Gasteiger partial charge on any atom is -0.487 e. The standard InChI is InChI=1S/C26H28ClN3O2/c27-21-5-6-22(28-16-21)18-32-25-12-14-29(26(31)15-25)13-11-19-1-3-20(4-2-19)17-30-23-7-8-24(30)10-9-23/h1-6,12,14-16,23-24H,7-11,13,17-18H2. The van der Waals surface area contributed by atoms with Crippen LogP contribution in [0.5, 0.6) is 5.75 Å². The maximum Gasteiger partial charge on any atom is 0.254 e. The first kappa shape index (κ1) is 21.2. The van der Waals surface area contributed by atoms with Gasteiger partial charge in [0, 0.05) is 43.6 Å². The lowest BCUT2D eigenvalue weighted by molar-refractivity contribution is 0.244. The van der Waals surface area contributed by atoms with Gasteiger partial charge in [0.05, 0.1) is 10.7 Å². The molecule has 0 spiro atoms. The molecule has 4 heterocycles. The zero-order valence-corrected chi connectivity index (χ0v) is 18.9. The van der Waals surface area contributed by atoms with E-state index in [9.17, 15) is 4.79 Å². The van der Waals surface area contributed by atoms with Crippen LogP contribution in [0.4, 0.5) is 0 Å². The minimum atomic E-state index is -0.0623. The van der Waals surface area contributed by atoms with Crippen LogP contribution < -0.4 is 10.3 Å². The quantitative estimate of drug-likeness (QED) is 0.493. The first-order valence-corrected chi connectivity index (χ1v) is 11.8. The van der Waals surface area contributed by atoms with Crippen LogP contribution in [0.15, 0.2) is 65.7 Å². The minimum absolute atomic E-state index is 0.0623. The molecule has 3 aromatic rings. The highest BCUT2D eigenvalue weighted by Crippen LogP contribution is 2.38. The predicted molar refractivity (Wildman–Crippen MR) is 126 cm³/mol. The normalized spacial score (nSPS) is 20.0. The molecule has 5 rings (SSSR count). The molecule has 2 fully saturated rings. The summed E-state index contributed by atoms with van der Waals surface area (Å²) in [7, 11) is 0. The van der Waals surface area contributed by atoms with Gasteiger partial charge in [0.15, 0.2) is 0 Å². The Morgan fingerprint density at radius 1 is 0.969 bits per heavy atom. The molecule has 0 saturated carbocycles. The molecule has 166 valence electrons. The maximum atomic E-state index is 12.5. The molecule has 5 nitrogen and oxygen atoms in total. The third kappa shape index (κ3) is 4.89. The van der Waals surface area contributed by atoms with Crippen molar-refractivity contribution in [2.45, 2.75) is 63.9 Å². The molecule has 0 radical (unpaired) electrons. The molecular weight excluding hydrogens is 422 g/mol. The Balaban J connectivity index is 1.13. The SMILES string of the molecule is O=c1cc(OCc2ccc(Cl)cn2)ccn1CCc1ccc(CN2C3CCC2CC3)cc1. The van der Waals surface area contributed by atoms with Crippen LogP contribution in [0.3, 0.4) is 0 Å². The van der Waals surface area contributed by atoms with Gasteiger partial charge in [0.1, 0.15) is 12.4 Å². The van der Waals surface area contributed by atoms with E-state index < -0.39 is 0 Å². The highest BCUT2D eigenvalue weighted by molar-refractivity contribution is 6.30. The molecule has 0 amide bonds. The van der Waals surface area contributed by atoms with Gasteiger partial charge in [-0.1, -0.05) is 35.9 Å². The monoisotopic (exact) mass is 449 g/mol. The molecular formula is C26H28ClN3O2. The number of rotatable bonds is 8. The Labute approximate surface area is 193 Å². The van der Waals surface area contributed by atoms with Gasteiger partial charge in [-0.05, 0) is 61.4 Å². The van der Waals surface area contributed by atoms with Gasteiger partial charge >= 0.3 is 0 Å². The van der Waals surface area contributed by atoms with Crippen molar-refractivity contribution < 1.29 is 4.74 Å². The van der Waals surface area contributed by atoms with E-state index in [1.165, 1.54) is 42.9 Å². The van der Waals surface area contributed by atoms with E-state index in [0.717, 1.165) is 30.7 Å². The summed E-state index contributed by atoms with van der Waals surface area (Å²) >= 11 is 5.85. The summed E-state index contributed by atoms with van der Waals surface area (Å²) in [5.41, 5.74) is 3.34. The van der Waals surface area contributed by atoms with Gasteiger partial charge in [-0.3, -0.25) is 14.7 Å². The molecule has 2 aliphatic heterocycles. The summed E-state index contributed by atoms with van der Waals surface area (Å²) in [5, 5.41) is 0.587. The topological polar surface area (TPSA) is 47.4 Å². The average molecular weight is 450 g/mol. The molecule has 0 N–H and O–H groups in total. The van der Waals surface area contributed by atoms with Gasteiger partial charge in [-0.2, -0.15) is 0 Å². The number of fused-ring (bicyclic) bond motifs is 2. The van der Waals surface area contributed by atoms with Crippen LogP contribution in [0.25, 0.3) is 0 Å². The Morgan fingerprint density at radius 2 is 1.69 bits per heavy atom. The van der Waals surface area contributed by atoms with Crippen molar-refractivity contribution in [3.63, 3.8) is 0 Å².